The number of carbonyl (C=O) groups is 1. The summed E-state index contributed by atoms with van der Waals surface area (Å²) in [5, 5.41) is 4.39. The second-order valence-electron chi connectivity index (χ2n) is 4.05. The fourth-order valence-electron chi connectivity index (χ4n) is 1.91. The van der Waals surface area contributed by atoms with Gasteiger partial charge in [-0.3, -0.25) is 9.78 Å². The van der Waals surface area contributed by atoms with Crippen LogP contribution >= 0.6 is 0 Å². The van der Waals surface area contributed by atoms with Crippen molar-refractivity contribution in [3.8, 4) is 0 Å². The monoisotopic (exact) mass is 241 g/mol. The number of pyridine rings is 1. The Morgan fingerprint density at radius 3 is 3.00 bits per heavy atom. The summed E-state index contributed by atoms with van der Waals surface area (Å²) in [6.45, 7) is 5.92. The van der Waals surface area contributed by atoms with Crippen molar-refractivity contribution in [3.05, 3.63) is 48.3 Å². The van der Waals surface area contributed by atoms with E-state index in [0.29, 0.717) is 17.9 Å². The Bertz CT molecular complexity index is 620. The molecule has 2 rings (SSSR count). The summed E-state index contributed by atoms with van der Waals surface area (Å²) in [6.07, 6.45) is 3.23. The van der Waals surface area contributed by atoms with Gasteiger partial charge in [0.15, 0.2) is 0 Å². The number of amides is 1. The van der Waals surface area contributed by atoms with Crippen LogP contribution in [0.3, 0.4) is 0 Å². The van der Waals surface area contributed by atoms with Crippen LogP contribution in [0.15, 0.2) is 37.1 Å². The van der Waals surface area contributed by atoms with E-state index in [2.05, 4.69) is 16.9 Å². The Kier molecular flexibility index (Phi) is 3.28. The number of nitrogen functional groups attached to an aromatic ring is 1. The zero-order valence-electron chi connectivity index (χ0n) is 10.2. The van der Waals surface area contributed by atoms with Crippen LogP contribution in [-0.4, -0.2) is 17.4 Å². The molecule has 0 saturated heterocycles. The Labute approximate surface area is 106 Å². The van der Waals surface area contributed by atoms with Gasteiger partial charge in [0.2, 0.25) is 0 Å². The quantitative estimate of drug-likeness (QED) is 0.638. The van der Waals surface area contributed by atoms with E-state index in [1.807, 2.05) is 25.1 Å². The summed E-state index contributed by atoms with van der Waals surface area (Å²) >= 11 is 0. The number of hydrogen-bond acceptors (Lipinski definition) is 3. The van der Waals surface area contributed by atoms with Crippen molar-refractivity contribution in [1.29, 1.82) is 0 Å². The minimum absolute atomic E-state index is 0.214. The third kappa shape index (κ3) is 2.05. The van der Waals surface area contributed by atoms with Crippen molar-refractivity contribution in [2.45, 2.75) is 6.92 Å². The van der Waals surface area contributed by atoms with Crippen LogP contribution in [0.5, 0.6) is 0 Å². The number of rotatable bonds is 3. The molecule has 0 atom stereocenters. The lowest BCUT2D eigenvalue weighted by molar-refractivity contribution is 0.0955. The average Bonchev–Trinajstić information content (AvgIpc) is 2.39. The minimum atomic E-state index is -0.214. The van der Waals surface area contributed by atoms with Crippen molar-refractivity contribution in [3.63, 3.8) is 0 Å². The highest BCUT2D eigenvalue weighted by Crippen LogP contribution is 2.26. The zero-order valence-corrected chi connectivity index (χ0v) is 10.2. The number of benzene rings is 1. The first kappa shape index (κ1) is 12.1. The third-order valence-electron chi connectivity index (χ3n) is 2.79. The summed E-state index contributed by atoms with van der Waals surface area (Å²) < 4.78 is 0. The Hall–Kier alpha value is -2.36. The van der Waals surface area contributed by atoms with Crippen molar-refractivity contribution in [2.75, 3.05) is 12.3 Å². The topological polar surface area (TPSA) is 68.0 Å². The molecule has 2 aromatic rings. The number of nitrogens with two attached hydrogens (primary N) is 1. The van der Waals surface area contributed by atoms with Crippen molar-refractivity contribution < 1.29 is 4.79 Å². The summed E-state index contributed by atoms with van der Waals surface area (Å²) in [5.74, 6) is -0.214. The normalized spacial score (nSPS) is 10.3. The predicted octanol–water partition coefficient (Wildman–Crippen LogP) is 2.04. The molecule has 1 heterocycles. The molecule has 3 N–H and O–H groups in total. The molecule has 1 aromatic heterocycles. The number of nitrogens with one attached hydrogen (secondary N) is 1. The Morgan fingerprint density at radius 1 is 1.50 bits per heavy atom. The summed E-state index contributed by atoms with van der Waals surface area (Å²) in [4.78, 5) is 16.2. The highest BCUT2D eigenvalue weighted by molar-refractivity contribution is 6.09. The molecule has 0 aliphatic heterocycles. The molecule has 92 valence electrons. The Balaban J connectivity index is 2.61. The van der Waals surface area contributed by atoms with Gasteiger partial charge in [0, 0.05) is 29.2 Å². The van der Waals surface area contributed by atoms with Crippen molar-refractivity contribution in [2.24, 2.45) is 0 Å². The maximum Gasteiger partial charge on any atom is 0.270 e. The maximum absolute atomic E-state index is 12.0. The van der Waals surface area contributed by atoms with E-state index in [0.717, 1.165) is 16.3 Å². The zero-order chi connectivity index (χ0) is 13.1. The number of aromatic nitrogens is 1. The molecule has 0 aliphatic carbocycles. The SMILES string of the molecule is C=CCNC(=O)c1nccc2c(N)ccc(C)c12. The van der Waals surface area contributed by atoms with Gasteiger partial charge in [0.05, 0.1) is 0 Å². The highest BCUT2D eigenvalue weighted by atomic mass is 16.1. The molecular weight excluding hydrogens is 226 g/mol. The van der Waals surface area contributed by atoms with Crippen LogP contribution in [0, 0.1) is 6.92 Å². The van der Waals surface area contributed by atoms with Gasteiger partial charge in [-0.15, -0.1) is 6.58 Å². The lowest BCUT2D eigenvalue weighted by Crippen LogP contribution is -2.24. The van der Waals surface area contributed by atoms with Crippen LogP contribution in [0.2, 0.25) is 0 Å². The Morgan fingerprint density at radius 2 is 2.28 bits per heavy atom. The van der Waals surface area contributed by atoms with E-state index in [1.54, 1.807) is 12.3 Å². The second kappa shape index (κ2) is 4.87. The first-order valence-electron chi connectivity index (χ1n) is 5.68. The van der Waals surface area contributed by atoms with Gasteiger partial charge in [0.1, 0.15) is 5.69 Å². The van der Waals surface area contributed by atoms with E-state index in [9.17, 15) is 4.79 Å². The number of nitrogens with zero attached hydrogens (tertiary/aromatic N) is 1. The fraction of sp³-hybridized carbons (Fsp3) is 0.143. The molecule has 0 fully saturated rings. The molecule has 4 heteroatoms. The molecule has 4 nitrogen and oxygen atoms in total. The lowest BCUT2D eigenvalue weighted by Gasteiger charge is -2.09. The van der Waals surface area contributed by atoms with Gasteiger partial charge in [-0.25, -0.2) is 0 Å². The second-order valence-corrected chi connectivity index (χ2v) is 4.05. The van der Waals surface area contributed by atoms with Gasteiger partial charge in [0.25, 0.3) is 5.91 Å². The molecule has 0 spiro atoms. The molecule has 1 aromatic carbocycles. The third-order valence-corrected chi connectivity index (χ3v) is 2.79. The molecule has 0 saturated carbocycles. The van der Waals surface area contributed by atoms with Crippen molar-refractivity contribution in [1.82, 2.24) is 10.3 Å². The standard InChI is InChI=1S/C14H15N3O/c1-3-7-17-14(18)13-12-9(2)4-5-11(15)10(12)6-8-16-13/h3-6,8H,1,7,15H2,2H3,(H,17,18). The molecule has 0 radical (unpaired) electrons. The number of aryl methyl sites for hydroxylation is 1. The molecule has 0 aliphatic rings. The van der Waals surface area contributed by atoms with Crippen LogP contribution in [0.25, 0.3) is 10.8 Å². The molecule has 1 amide bonds. The van der Waals surface area contributed by atoms with Crippen LogP contribution in [-0.2, 0) is 0 Å². The van der Waals surface area contributed by atoms with Crippen LogP contribution in [0.1, 0.15) is 16.1 Å². The average molecular weight is 241 g/mol. The van der Waals surface area contributed by atoms with E-state index in [1.165, 1.54) is 0 Å². The smallest absolute Gasteiger partial charge is 0.270 e. The maximum atomic E-state index is 12.0. The van der Waals surface area contributed by atoms with Gasteiger partial charge >= 0.3 is 0 Å². The summed E-state index contributed by atoms with van der Waals surface area (Å²) in [5.41, 5.74) is 7.95. The largest absolute Gasteiger partial charge is 0.398 e. The van der Waals surface area contributed by atoms with Gasteiger partial charge in [-0.2, -0.15) is 0 Å². The highest BCUT2D eigenvalue weighted by Gasteiger charge is 2.13. The fourth-order valence-corrected chi connectivity index (χ4v) is 1.91. The number of fused-ring (bicyclic) bond motifs is 1. The number of anilines is 1. The van der Waals surface area contributed by atoms with E-state index < -0.39 is 0 Å². The molecule has 0 bridgehead atoms. The first-order chi connectivity index (χ1) is 8.65. The van der Waals surface area contributed by atoms with E-state index >= 15 is 0 Å². The minimum Gasteiger partial charge on any atom is -0.398 e. The molecular formula is C14H15N3O. The van der Waals surface area contributed by atoms with E-state index in [4.69, 9.17) is 5.73 Å². The first-order valence-corrected chi connectivity index (χ1v) is 5.68. The lowest BCUT2D eigenvalue weighted by atomic mass is 10.0. The van der Waals surface area contributed by atoms with E-state index in [-0.39, 0.29) is 5.91 Å². The number of carbonyl (C=O) groups excluding carboxylic acids is 1. The summed E-state index contributed by atoms with van der Waals surface area (Å²) in [6, 6.07) is 5.55. The van der Waals surface area contributed by atoms with Gasteiger partial charge in [-0.1, -0.05) is 12.1 Å². The molecule has 0 unspecified atom stereocenters. The number of hydrogen-bond donors (Lipinski definition) is 2. The van der Waals surface area contributed by atoms with Gasteiger partial charge < -0.3 is 11.1 Å². The predicted molar refractivity (Wildman–Crippen MR) is 73.4 cm³/mol. The van der Waals surface area contributed by atoms with Crippen molar-refractivity contribution >= 4 is 22.4 Å². The molecule has 18 heavy (non-hydrogen) atoms. The van der Waals surface area contributed by atoms with Gasteiger partial charge in [-0.05, 0) is 24.6 Å². The summed E-state index contributed by atoms with van der Waals surface area (Å²) in [7, 11) is 0. The van der Waals surface area contributed by atoms with Crippen LogP contribution in [0.4, 0.5) is 5.69 Å². The van der Waals surface area contributed by atoms with Crippen LogP contribution < -0.4 is 11.1 Å².